The van der Waals surface area contributed by atoms with Crippen molar-refractivity contribution in [2.24, 2.45) is 0 Å². The number of nitrogens with zero attached hydrogens (tertiary/aromatic N) is 1. The second-order valence-electron chi connectivity index (χ2n) is 8.54. The van der Waals surface area contributed by atoms with Crippen LogP contribution in [0.5, 0.6) is 0 Å². The quantitative estimate of drug-likeness (QED) is 0.349. The van der Waals surface area contributed by atoms with Crippen LogP contribution in [0.1, 0.15) is 43.4 Å². The standard InChI is InChI=1S/C30H36N2O/c1-5-32(6-2)20-10-13-25-18-19-29(21-23(25)3)31-30(33)22-24(4)26-14-16-28(17-15-26)27-11-8-7-9-12-27/h7-9,11-12,14-19,21H,4-6,10,13,20,22H2,1-3H3,(H,31,33). The summed E-state index contributed by atoms with van der Waals surface area (Å²) in [6.45, 7) is 14.0. The molecule has 33 heavy (non-hydrogen) atoms. The minimum atomic E-state index is -0.0409. The molecular weight excluding hydrogens is 404 g/mol. The van der Waals surface area contributed by atoms with Gasteiger partial charge in [-0.15, -0.1) is 0 Å². The number of hydrogen-bond donors (Lipinski definition) is 1. The molecule has 0 fully saturated rings. The fourth-order valence-corrected chi connectivity index (χ4v) is 4.12. The Balaban J connectivity index is 1.52. The first kappa shape index (κ1) is 24.5. The molecule has 0 aliphatic heterocycles. The van der Waals surface area contributed by atoms with Gasteiger partial charge in [0.25, 0.3) is 0 Å². The number of anilines is 1. The van der Waals surface area contributed by atoms with Crippen LogP contribution in [0.2, 0.25) is 0 Å². The summed E-state index contributed by atoms with van der Waals surface area (Å²) in [5.74, 6) is -0.0409. The average molecular weight is 441 g/mol. The molecule has 0 aromatic heterocycles. The maximum atomic E-state index is 12.6. The Kier molecular flexibility index (Phi) is 9.03. The minimum absolute atomic E-state index is 0.0409. The maximum absolute atomic E-state index is 12.6. The van der Waals surface area contributed by atoms with E-state index < -0.39 is 0 Å². The zero-order valence-electron chi connectivity index (χ0n) is 20.2. The fraction of sp³-hybridized carbons (Fsp3) is 0.300. The number of carbonyl (C=O) groups is 1. The highest BCUT2D eigenvalue weighted by molar-refractivity contribution is 5.97. The highest BCUT2D eigenvalue weighted by Gasteiger charge is 2.09. The summed E-state index contributed by atoms with van der Waals surface area (Å²) in [4.78, 5) is 15.1. The topological polar surface area (TPSA) is 32.3 Å². The van der Waals surface area contributed by atoms with Crippen LogP contribution in [0.25, 0.3) is 16.7 Å². The number of benzene rings is 3. The zero-order valence-corrected chi connectivity index (χ0v) is 20.2. The van der Waals surface area contributed by atoms with Crippen molar-refractivity contribution in [1.29, 1.82) is 0 Å². The lowest BCUT2D eigenvalue weighted by Crippen LogP contribution is -2.24. The normalized spacial score (nSPS) is 10.9. The second kappa shape index (κ2) is 12.2. The van der Waals surface area contributed by atoms with Gasteiger partial charge in [0.2, 0.25) is 5.91 Å². The predicted octanol–water partition coefficient (Wildman–Crippen LogP) is 6.98. The van der Waals surface area contributed by atoms with E-state index in [1.165, 1.54) is 16.7 Å². The number of amides is 1. The van der Waals surface area contributed by atoms with Crippen molar-refractivity contribution in [3.05, 3.63) is 96.1 Å². The molecule has 3 heteroatoms. The van der Waals surface area contributed by atoms with E-state index in [1.807, 2.05) is 36.4 Å². The van der Waals surface area contributed by atoms with Gasteiger partial charge in [-0.2, -0.15) is 0 Å². The monoisotopic (exact) mass is 440 g/mol. The summed E-state index contributed by atoms with van der Waals surface area (Å²) < 4.78 is 0. The first-order chi connectivity index (χ1) is 16.0. The van der Waals surface area contributed by atoms with Crippen molar-refractivity contribution < 1.29 is 4.79 Å². The summed E-state index contributed by atoms with van der Waals surface area (Å²) in [7, 11) is 0. The molecule has 3 nitrogen and oxygen atoms in total. The summed E-state index contributed by atoms with van der Waals surface area (Å²) in [6, 6.07) is 24.7. The molecule has 3 rings (SSSR count). The molecule has 0 spiro atoms. The number of carbonyl (C=O) groups excluding carboxylic acids is 1. The van der Waals surface area contributed by atoms with Crippen molar-refractivity contribution in [3.8, 4) is 11.1 Å². The van der Waals surface area contributed by atoms with Crippen molar-refractivity contribution in [2.45, 2.75) is 40.0 Å². The van der Waals surface area contributed by atoms with Crippen molar-refractivity contribution in [1.82, 2.24) is 4.90 Å². The highest BCUT2D eigenvalue weighted by atomic mass is 16.1. The molecule has 0 radical (unpaired) electrons. The predicted molar refractivity (Wildman–Crippen MR) is 141 cm³/mol. The third kappa shape index (κ3) is 7.16. The summed E-state index contributed by atoms with van der Waals surface area (Å²) in [6.07, 6.45) is 2.48. The second-order valence-corrected chi connectivity index (χ2v) is 8.54. The lowest BCUT2D eigenvalue weighted by Gasteiger charge is -2.18. The van der Waals surface area contributed by atoms with Crippen LogP contribution in [0.3, 0.4) is 0 Å². The fourth-order valence-electron chi connectivity index (χ4n) is 4.12. The van der Waals surface area contributed by atoms with Gasteiger partial charge < -0.3 is 10.2 Å². The van der Waals surface area contributed by atoms with Crippen molar-refractivity contribution in [3.63, 3.8) is 0 Å². The van der Waals surface area contributed by atoms with Crippen LogP contribution in [0, 0.1) is 6.92 Å². The molecule has 3 aromatic carbocycles. The lowest BCUT2D eigenvalue weighted by atomic mass is 9.99. The molecule has 0 heterocycles. The van der Waals surface area contributed by atoms with Crippen LogP contribution in [-0.4, -0.2) is 30.4 Å². The summed E-state index contributed by atoms with van der Waals surface area (Å²) in [5.41, 5.74) is 7.56. The molecule has 0 saturated heterocycles. The van der Waals surface area contributed by atoms with Gasteiger partial charge in [-0.3, -0.25) is 4.79 Å². The van der Waals surface area contributed by atoms with Crippen LogP contribution >= 0.6 is 0 Å². The van der Waals surface area contributed by atoms with Gasteiger partial charge in [0.05, 0.1) is 6.42 Å². The molecule has 0 atom stereocenters. The van der Waals surface area contributed by atoms with Gasteiger partial charge in [-0.25, -0.2) is 0 Å². The molecule has 0 aliphatic carbocycles. The molecule has 0 bridgehead atoms. The number of aryl methyl sites for hydroxylation is 2. The lowest BCUT2D eigenvalue weighted by molar-refractivity contribution is -0.115. The Hall–Kier alpha value is -3.17. The van der Waals surface area contributed by atoms with E-state index in [0.29, 0.717) is 0 Å². The molecule has 0 unspecified atom stereocenters. The van der Waals surface area contributed by atoms with Gasteiger partial charge in [-0.1, -0.05) is 81.1 Å². The van der Waals surface area contributed by atoms with Gasteiger partial charge in [0.15, 0.2) is 0 Å². The third-order valence-electron chi connectivity index (χ3n) is 6.22. The molecular formula is C30H36N2O. The number of hydrogen-bond acceptors (Lipinski definition) is 2. The van der Waals surface area contributed by atoms with Gasteiger partial charge in [0.1, 0.15) is 0 Å². The Morgan fingerprint density at radius 1 is 0.909 bits per heavy atom. The van der Waals surface area contributed by atoms with E-state index in [9.17, 15) is 4.79 Å². The van der Waals surface area contributed by atoms with Crippen LogP contribution in [0.4, 0.5) is 5.69 Å². The summed E-state index contributed by atoms with van der Waals surface area (Å²) >= 11 is 0. The van der Waals surface area contributed by atoms with E-state index in [4.69, 9.17) is 0 Å². The van der Waals surface area contributed by atoms with E-state index >= 15 is 0 Å². The molecule has 1 N–H and O–H groups in total. The molecule has 0 saturated carbocycles. The van der Waals surface area contributed by atoms with E-state index in [-0.39, 0.29) is 12.3 Å². The largest absolute Gasteiger partial charge is 0.326 e. The van der Waals surface area contributed by atoms with E-state index in [2.05, 4.69) is 74.0 Å². The molecule has 0 aliphatic rings. The van der Waals surface area contributed by atoms with Gasteiger partial charge in [0, 0.05) is 5.69 Å². The average Bonchev–Trinajstić information content (AvgIpc) is 2.83. The Labute approximate surface area is 199 Å². The van der Waals surface area contributed by atoms with Crippen LogP contribution in [0.15, 0.2) is 79.4 Å². The number of rotatable bonds is 11. The Morgan fingerprint density at radius 2 is 1.58 bits per heavy atom. The Morgan fingerprint density at radius 3 is 2.21 bits per heavy atom. The minimum Gasteiger partial charge on any atom is -0.326 e. The third-order valence-corrected chi connectivity index (χ3v) is 6.22. The first-order valence-corrected chi connectivity index (χ1v) is 12.0. The Bertz CT molecular complexity index is 1050. The van der Waals surface area contributed by atoms with Crippen molar-refractivity contribution >= 4 is 17.2 Å². The van der Waals surface area contributed by atoms with E-state index in [0.717, 1.165) is 54.9 Å². The highest BCUT2D eigenvalue weighted by Crippen LogP contribution is 2.24. The van der Waals surface area contributed by atoms with Gasteiger partial charge >= 0.3 is 0 Å². The van der Waals surface area contributed by atoms with E-state index in [1.54, 1.807) is 0 Å². The van der Waals surface area contributed by atoms with Crippen molar-refractivity contribution in [2.75, 3.05) is 25.0 Å². The zero-order chi connectivity index (χ0) is 23.6. The summed E-state index contributed by atoms with van der Waals surface area (Å²) in [5, 5.41) is 3.03. The smallest absolute Gasteiger partial charge is 0.228 e. The first-order valence-electron chi connectivity index (χ1n) is 12.0. The molecule has 1 amide bonds. The SMILES string of the molecule is C=C(CC(=O)Nc1ccc(CCCN(CC)CC)c(C)c1)c1ccc(-c2ccccc2)cc1. The number of nitrogens with one attached hydrogen (secondary N) is 1. The van der Waals surface area contributed by atoms with Crippen LogP contribution in [-0.2, 0) is 11.2 Å². The molecule has 172 valence electrons. The molecule has 3 aromatic rings. The maximum Gasteiger partial charge on any atom is 0.228 e. The van der Waals surface area contributed by atoms with Gasteiger partial charge in [-0.05, 0) is 84.9 Å². The van der Waals surface area contributed by atoms with Crippen LogP contribution < -0.4 is 5.32 Å².